The highest BCUT2D eigenvalue weighted by molar-refractivity contribution is 5.66. The van der Waals surface area contributed by atoms with Crippen LogP contribution in [-0.2, 0) is 11.2 Å². The summed E-state index contributed by atoms with van der Waals surface area (Å²) in [5.41, 5.74) is 0.989. The van der Waals surface area contributed by atoms with E-state index in [9.17, 15) is 4.79 Å². The van der Waals surface area contributed by atoms with Gasteiger partial charge in [0.05, 0.1) is 5.69 Å². The second-order valence-corrected chi connectivity index (χ2v) is 5.01. The molecule has 0 bridgehead atoms. The van der Waals surface area contributed by atoms with Crippen LogP contribution in [0.2, 0.25) is 0 Å². The first-order valence-electron chi connectivity index (χ1n) is 7.01. The molecule has 1 saturated heterocycles. The molecule has 1 fully saturated rings. The van der Waals surface area contributed by atoms with Crippen molar-refractivity contribution in [2.45, 2.75) is 51.5 Å². The van der Waals surface area contributed by atoms with Gasteiger partial charge in [0.2, 0.25) is 0 Å². The molecular weight excluding hydrogens is 242 g/mol. The number of aliphatic carboxylic acids is 1. The molecule has 0 saturated carbocycles. The van der Waals surface area contributed by atoms with E-state index in [1.165, 1.54) is 6.42 Å². The summed E-state index contributed by atoms with van der Waals surface area (Å²) in [7, 11) is 0. The van der Waals surface area contributed by atoms with Crippen molar-refractivity contribution in [3.05, 3.63) is 17.8 Å². The second kappa shape index (κ2) is 6.50. The molecule has 0 radical (unpaired) electrons. The number of carboxylic acids is 1. The van der Waals surface area contributed by atoms with Crippen LogP contribution in [0.15, 0.2) is 12.1 Å². The summed E-state index contributed by atoms with van der Waals surface area (Å²) in [6.45, 7) is 3.00. The van der Waals surface area contributed by atoms with Crippen LogP contribution in [-0.4, -0.2) is 33.9 Å². The van der Waals surface area contributed by atoms with E-state index in [4.69, 9.17) is 5.11 Å². The third-order valence-electron chi connectivity index (χ3n) is 3.68. The van der Waals surface area contributed by atoms with Crippen LogP contribution < -0.4 is 4.90 Å². The largest absolute Gasteiger partial charge is 0.481 e. The Morgan fingerprint density at radius 3 is 2.89 bits per heavy atom. The average Bonchev–Trinajstić information content (AvgIpc) is 2.45. The quantitative estimate of drug-likeness (QED) is 0.882. The lowest BCUT2D eigenvalue weighted by atomic mass is 9.98. The predicted molar refractivity (Wildman–Crippen MR) is 73.3 cm³/mol. The van der Waals surface area contributed by atoms with Gasteiger partial charge in [-0.2, -0.15) is 5.10 Å². The summed E-state index contributed by atoms with van der Waals surface area (Å²) >= 11 is 0. The first-order chi connectivity index (χ1) is 9.20. The lowest BCUT2D eigenvalue weighted by Crippen LogP contribution is -2.40. The number of anilines is 1. The summed E-state index contributed by atoms with van der Waals surface area (Å²) in [5.74, 6) is 0.158. The third kappa shape index (κ3) is 3.66. The predicted octanol–water partition coefficient (Wildman–Crippen LogP) is 2.26. The Bertz CT molecular complexity index is 419. The van der Waals surface area contributed by atoms with Crippen LogP contribution in [0.1, 0.15) is 44.7 Å². The number of nitrogens with zero attached hydrogens (tertiary/aromatic N) is 3. The third-order valence-corrected chi connectivity index (χ3v) is 3.68. The van der Waals surface area contributed by atoms with E-state index < -0.39 is 5.97 Å². The second-order valence-electron chi connectivity index (χ2n) is 5.01. The fraction of sp³-hybridized carbons (Fsp3) is 0.643. The molecule has 1 aliphatic heterocycles. The van der Waals surface area contributed by atoms with Crippen molar-refractivity contribution < 1.29 is 9.90 Å². The summed E-state index contributed by atoms with van der Waals surface area (Å²) in [6, 6.07) is 4.29. The van der Waals surface area contributed by atoms with Gasteiger partial charge in [0.15, 0.2) is 5.82 Å². The summed E-state index contributed by atoms with van der Waals surface area (Å²) in [5, 5.41) is 17.3. The molecule has 0 aliphatic carbocycles. The van der Waals surface area contributed by atoms with Crippen molar-refractivity contribution in [3.8, 4) is 0 Å². The molecule has 2 rings (SSSR count). The van der Waals surface area contributed by atoms with E-state index in [0.717, 1.165) is 37.3 Å². The van der Waals surface area contributed by atoms with Crippen molar-refractivity contribution >= 4 is 11.8 Å². The van der Waals surface area contributed by atoms with E-state index in [-0.39, 0.29) is 12.5 Å². The van der Waals surface area contributed by atoms with Crippen LogP contribution in [0.4, 0.5) is 5.82 Å². The van der Waals surface area contributed by atoms with Gasteiger partial charge in [-0.25, -0.2) is 0 Å². The van der Waals surface area contributed by atoms with E-state index in [1.54, 1.807) is 0 Å². The SMILES string of the molecule is CCc1ccc(N2CCCCC2CCC(=O)O)nn1. The molecule has 0 amide bonds. The van der Waals surface area contributed by atoms with Gasteiger partial charge in [0.1, 0.15) is 0 Å². The number of aryl methyl sites for hydroxylation is 1. The molecular formula is C14H21N3O2. The number of carboxylic acid groups (broad SMARTS) is 1. The molecule has 5 heteroatoms. The Morgan fingerprint density at radius 1 is 1.42 bits per heavy atom. The maximum Gasteiger partial charge on any atom is 0.303 e. The molecule has 1 N–H and O–H groups in total. The number of hydrogen-bond donors (Lipinski definition) is 1. The van der Waals surface area contributed by atoms with Gasteiger partial charge in [-0.1, -0.05) is 6.92 Å². The highest BCUT2D eigenvalue weighted by atomic mass is 16.4. The Hall–Kier alpha value is -1.65. The van der Waals surface area contributed by atoms with Crippen LogP contribution in [0, 0.1) is 0 Å². The normalized spacial score (nSPS) is 19.4. The zero-order chi connectivity index (χ0) is 13.7. The standard InChI is InChI=1S/C14H21N3O2/c1-2-11-6-8-13(16-15-11)17-10-4-3-5-12(17)7-9-14(18)19/h6,8,12H,2-5,7,9-10H2,1H3,(H,18,19). The van der Waals surface area contributed by atoms with Gasteiger partial charge in [-0.3, -0.25) is 4.79 Å². The van der Waals surface area contributed by atoms with Crippen LogP contribution in [0.3, 0.4) is 0 Å². The molecule has 0 aromatic carbocycles. The molecule has 19 heavy (non-hydrogen) atoms. The van der Waals surface area contributed by atoms with Crippen LogP contribution in [0.5, 0.6) is 0 Å². The Kier molecular flexibility index (Phi) is 4.71. The van der Waals surface area contributed by atoms with Gasteiger partial charge in [0.25, 0.3) is 0 Å². The van der Waals surface area contributed by atoms with Crippen molar-refractivity contribution in [3.63, 3.8) is 0 Å². The number of piperidine rings is 1. The first-order valence-corrected chi connectivity index (χ1v) is 7.01. The number of aromatic nitrogens is 2. The van der Waals surface area contributed by atoms with Crippen LogP contribution >= 0.6 is 0 Å². The highest BCUT2D eigenvalue weighted by Gasteiger charge is 2.24. The zero-order valence-corrected chi connectivity index (χ0v) is 11.4. The fourth-order valence-electron chi connectivity index (χ4n) is 2.59. The molecule has 1 aromatic heterocycles. The smallest absolute Gasteiger partial charge is 0.303 e. The van der Waals surface area contributed by atoms with E-state index in [0.29, 0.717) is 6.42 Å². The molecule has 2 heterocycles. The average molecular weight is 263 g/mol. The minimum atomic E-state index is -0.724. The molecule has 104 valence electrons. The minimum Gasteiger partial charge on any atom is -0.481 e. The lowest BCUT2D eigenvalue weighted by Gasteiger charge is -2.36. The van der Waals surface area contributed by atoms with E-state index in [1.807, 2.05) is 12.1 Å². The van der Waals surface area contributed by atoms with Crippen molar-refractivity contribution in [2.24, 2.45) is 0 Å². The van der Waals surface area contributed by atoms with Gasteiger partial charge in [-0.15, -0.1) is 5.10 Å². The Morgan fingerprint density at radius 2 is 2.26 bits per heavy atom. The molecule has 1 atom stereocenters. The van der Waals surface area contributed by atoms with E-state index >= 15 is 0 Å². The number of hydrogen-bond acceptors (Lipinski definition) is 4. The van der Waals surface area contributed by atoms with Gasteiger partial charge >= 0.3 is 5.97 Å². The monoisotopic (exact) mass is 263 g/mol. The van der Waals surface area contributed by atoms with Crippen molar-refractivity contribution in [2.75, 3.05) is 11.4 Å². The van der Waals surface area contributed by atoms with Gasteiger partial charge in [-0.05, 0) is 44.2 Å². The molecule has 1 unspecified atom stereocenters. The topological polar surface area (TPSA) is 66.3 Å². The summed E-state index contributed by atoms with van der Waals surface area (Å²) in [6.07, 6.45) is 5.15. The number of carbonyl (C=O) groups is 1. The lowest BCUT2D eigenvalue weighted by molar-refractivity contribution is -0.137. The van der Waals surface area contributed by atoms with Gasteiger partial charge < -0.3 is 10.0 Å². The molecule has 0 spiro atoms. The first kappa shape index (κ1) is 13.8. The fourth-order valence-corrected chi connectivity index (χ4v) is 2.59. The van der Waals surface area contributed by atoms with Crippen molar-refractivity contribution in [1.29, 1.82) is 0 Å². The molecule has 1 aliphatic rings. The molecule has 5 nitrogen and oxygen atoms in total. The van der Waals surface area contributed by atoms with Crippen LogP contribution in [0.25, 0.3) is 0 Å². The highest BCUT2D eigenvalue weighted by Crippen LogP contribution is 2.25. The maximum absolute atomic E-state index is 10.7. The number of rotatable bonds is 5. The zero-order valence-electron chi connectivity index (χ0n) is 11.4. The van der Waals surface area contributed by atoms with Gasteiger partial charge in [0, 0.05) is 19.0 Å². The molecule has 1 aromatic rings. The summed E-state index contributed by atoms with van der Waals surface area (Å²) < 4.78 is 0. The summed E-state index contributed by atoms with van der Waals surface area (Å²) in [4.78, 5) is 12.9. The maximum atomic E-state index is 10.7. The Labute approximate surface area is 113 Å². The Balaban J connectivity index is 2.06. The minimum absolute atomic E-state index is 0.224. The van der Waals surface area contributed by atoms with Crippen molar-refractivity contribution in [1.82, 2.24) is 10.2 Å². The van der Waals surface area contributed by atoms with E-state index in [2.05, 4.69) is 22.0 Å².